The molecule has 0 amide bonds. The highest BCUT2D eigenvalue weighted by Crippen LogP contribution is 2.12. The highest BCUT2D eigenvalue weighted by atomic mass is 19.1. The molecule has 1 unspecified atom stereocenters. The number of hydrogen-bond acceptors (Lipinski definition) is 4. The van der Waals surface area contributed by atoms with Crippen LogP contribution in [0.1, 0.15) is 25.5 Å². The van der Waals surface area contributed by atoms with Crippen LogP contribution in [0.3, 0.4) is 0 Å². The molecule has 0 radical (unpaired) electrons. The van der Waals surface area contributed by atoms with E-state index in [0.717, 1.165) is 0 Å². The van der Waals surface area contributed by atoms with Crippen LogP contribution >= 0.6 is 0 Å². The molecule has 1 rings (SSSR count). The minimum atomic E-state index is -0.811. The van der Waals surface area contributed by atoms with Gasteiger partial charge in [0.1, 0.15) is 6.33 Å². The summed E-state index contributed by atoms with van der Waals surface area (Å²) in [4.78, 5) is 18.1. The predicted octanol–water partition coefficient (Wildman–Crippen LogP) is 1.84. The fraction of sp³-hybridized carbons (Fsp3) is 0.545. The molecule has 5 nitrogen and oxygen atoms in total. The Labute approximate surface area is 99.1 Å². The molecule has 0 spiro atoms. The highest BCUT2D eigenvalue weighted by Gasteiger charge is 2.10. The number of halogens is 1. The number of rotatable bonds is 6. The number of nitrogens with zero attached hydrogens (tertiary/aromatic N) is 2. The average Bonchev–Trinajstić information content (AvgIpc) is 2.29. The summed E-state index contributed by atoms with van der Waals surface area (Å²) in [5.74, 6) is -1.48. The quantitative estimate of drug-likeness (QED) is 0.743. The highest BCUT2D eigenvalue weighted by molar-refractivity contribution is 5.69. The van der Waals surface area contributed by atoms with E-state index in [9.17, 15) is 9.18 Å². The Morgan fingerprint density at radius 1 is 1.59 bits per heavy atom. The number of anilines is 1. The fourth-order valence-electron chi connectivity index (χ4n) is 1.32. The molecule has 0 aliphatic rings. The topological polar surface area (TPSA) is 75.1 Å². The molecule has 2 N–H and O–H groups in total. The van der Waals surface area contributed by atoms with Crippen LogP contribution in [0.2, 0.25) is 0 Å². The van der Waals surface area contributed by atoms with Crippen LogP contribution < -0.4 is 5.32 Å². The third-order valence-electron chi connectivity index (χ3n) is 2.49. The first kappa shape index (κ1) is 13.3. The molecule has 0 fully saturated rings. The van der Waals surface area contributed by atoms with Crippen molar-refractivity contribution in [3.63, 3.8) is 0 Å². The lowest BCUT2D eigenvalue weighted by atomic mass is 10.1. The molecule has 17 heavy (non-hydrogen) atoms. The summed E-state index contributed by atoms with van der Waals surface area (Å²) in [6, 6.07) is 0. The standard InChI is InChI=1S/C11H16FN3O2/c1-7(11(16)17)4-3-5-13-10-9(12)8(2)14-6-15-10/h6-7H,3-5H2,1-2H3,(H,16,17)(H,13,14,15). The van der Waals surface area contributed by atoms with E-state index in [0.29, 0.717) is 25.1 Å². The monoisotopic (exact) mass is 241 g/mol. The summed E-state index contributed by atoms with van der Waals surface area (Å²) in [7, 11) is 0. The predicted molar refractivity (Wildman–Crippen MR) is 61.3 cm³/mol. The Kier molecular flexibility index (Phi) is 4.81. The smallest absolute Gasteiger partial charge is 0.306 e. The van der Waals surface area contributed by atoms with E-state index in [1.54, 1.807) is 13.8 Å². The van der Waals surface area contributed by atoms with Crippen LogP contribution in [0.25, 0.3) is 0 Å². The van der Waals surface area contributed by atoms with E-state index in [1.807, 2.05) is 0 Å². The second kappa shape index (κ2) is 6.12. The minimum absolute atomic E-state index is 0.167. The van der Waals surface area contributed by atoms with Crippen LogP contribution in [0.5, 0.6) is 0 Å². The van der Waals surface area contributed by atoms with Crippen molar-refractivity contribution >= 4 is 11.8 Å². The van der Waals surface area contributed by atoms with Crippen molar-refractivity contribution in [2.45, 2.75) is 26.7 Å². The van der Waals surface area contributed by atoms with Gasteiger partial charge in [-0.3, -0.25) is 4.79 Å². The zero-order chi connectivity index (χ0) is 12.8. The SMILES string of the molecule is Cc1ncnc(NCCCC(C)C(=O)O)c1F. The van der Waals surface area contributed by atoms with Gasteiger partial charge in [-0.25, -0.2) is 14.4 Å². The van der Waals surface area contributed by atoms with E-state index in [4.69, 9.17) is 5.11 Å². The lowest BCUT2D eigenvalue weighted by Gasteiger charge is -2.08. The van der Waals surface area contributed by atoms with Crippen LogP contribution in [0.15, 0.2) is 6.33 Å². The second-order valence-corrected chi connectivity index (χ2v) is 3.93. The van der Waals surface area contributed by atoms with Crippen molar-refractivity contribution in [2.24, 2.45) is 5.92 Å². The van der Waals surface area contributed by atoms with Gasteiger partial charge in [0.2, 0.25) is 0 Å². The molecule has 1 aromatic rings. The summed E-state index contributed by atoms with van der Waals surface area (Å²) >= 11 is 0. The zero-order valence-corrected chi connectivity index (χ0v) is 9.90. The number of nitrogens with one attached hydrogen (secondary N) is 1. The Morgan fingerprint density at radius 3 is 2.94 bits per heavy atom. The molecular weight excluding hydrogens is 225 g/mol. The summed E-state index contributed by atoms with van der Waals surface area (Å²) in [6.07, 6.45) is 2.49. The molecule has 1 atom stereocenters. The van der Waals surface area contributed by atoms with Gasteiger partial charge in [-0.2, -0.15) is 0 Å². The molecule has 1 heterocycles. The maximum atomic E-state index is 13.4. The summed E-state index contributed by atoms with van der Waals surface area (Å²) in [5, 5.41) is 11.5. The first-order valence-electron chi connectivity index (χ1n) is 5.46. The lowest BCUT2D eigenvalue weighted by molar-refractivity contribution is -0.141. The van der Waals surface area contributed by atoms with Gasteiger partial charge in [-0.1, -0.05) is 6.92 Å². The van der Waals surface area contributed by atoms with Gasteiger partial charge < -0.3 is 10.4 Å². The van der Waals surface area contributed by atoms with Gasteiger partial charge in [-0.05, 0) is 19.8 Å². The number of aliphatic carboxylic acids is 1. The van der Waals surface area contributed by atoms with E-state index >= 15 is 0 Å². The van der Waals surface area contributed by atoms with Crippen molar-refractivity contribution in [3.8, 4) is 0 Å². The Morgan fingerprint density at radius 2 is 2.29 bits per heavy atom. The number of aryl methyl sites for hydroxylation is 1. The van der Waals surface area contributed by atoms with Crippen molar-refractivity contribution < 1.29 is 14.3 Å². The van der Waals surface area contributed by atoms with Crippen molar-refractivity contribution in [2.75, 3.05) is 11.9 Å². The first-order chi connectivity index (χ1) is 8.02. The Hall–Kier alpha value is -1.72. The molecule has 0 aromatic carbocycles. The van der Waals surface area contributed by atoms with Gasteiger partial charge in [0.15, 0.2) is 11.6 Å². The average molecular weight is 241 g/mol. The minimum Gasteiger partial charge on any atom is -0.481 e. The molecule has 6 heteroatoms. The molecular formula is C11H16FN3O2. The molecule has 0 aliphatic heterocycles. The Bertz CT molecular complexity index is 398. The Balaban J connectivity index is 2.36. The normalized spacial score (nSPS) is 12.2. The summed E-state index contributed by atoms with van der Waals surface area (Å²) in [5.41, 5.74) is 0.293. The third kappa shape index (κ3) is 3.97. The number of carboxylic acids is 1. The lowest BCUT2D eigenvalue weighted by Crippen LogP contribution is -2.12. The molecule has 1 aromatic heterocycles. The van der Waals surface area contributed by atoms with E-state index < -0.39 is 11.8 Å². The van der Waals surface area contributed by atoms with Crippen molar-refractivity contribution in [3.05, 3.63) is 17.8 Å². The van der Waals surface area contributed by atoms with E-state index in [1.165, 1.54) is 6.33 Å². The number of hydrogen-bond donors (Lipinski definition) is 2. The van der Waals surface area contributed by atoms with Gasteiger partial charge >= 0.3 is 5.97 Å². The van der Waals surface area contributed by atoms with Crippen LogP contribution in [-0.4, -0.2) is 27.6 Å². The number of carboxylic acid groups (broad SMARTS) is 1. The van der Waals surface area contributed by atoms with Gasteiger partial charge in [-0.15, -0.1) is 0 Å². The third-order valence-corrected chi connectivity index (χ3v) is 2.49. The molecule has 0 bridgehead atoms. The van der Waals surface area contributed by atoms with Gasteiger partial charge in [0, 0.05) is 6.54 Å². The maximum Gasteiger partial charge on any atom is 0.306 e. The maximum absolute atomic E-state index is 13.4. The first-order valence-corrected chi connectivity index (χ1v) is 5.46. The van der Waals surface area contributed by atoms with Crippen molar-refractivity contribution in [1.82, 2.24) is 9.97 Å². The summed E-state index contributed by atoms with van der Waals surface area (Å²) in [6.45, 7) is 3.71. The number of carbonyl (C=O) groups is 1. The van der Waals surface area contributed by atoms with Gasteiger partial charge in [0.25, 0.3) is 0 Å². The molecule has 0 saturated carbocycles. The van der Waals surface area contributed by atoms with Crippen molar-refractivity contribution in [1.29, 1.82) is 0 Å². The van der Waals surface area contributed by atoms with Crippen LogP contribution in [0.4, 0.5) is 10.2 Å². The molecule has 0 aliphatic carbocycles. The zero-order valence-electron chi connectivity index (χ0n) is 9.90. The van der Waals surface area contributed by atoms with E-state index in [-0.39, 0.29) is 11.7 Å². The molecule has 94 valence electrons. The summed E-state index contributed by atoms with van der Waals surface area (Å²) < 4.78 is 13.4. The number of aromatic nitrogens is 2. The van der Waals surface area contributed by atoms with Crippen LogP contribution in [-0.2, 0) is 4.79 Å². The largest absolute Gasteiger partial charge is 0.481 e. The second-order valence-electron chi connectivity index (χ2n) is 3.93. The fourth-order valence-corrected chi connectivity index (χ4v) is 1.32. The van der Waals surface area contributed by atoms with E-state index in [2.05, 4.69) is 15.3 Å². The molecule has 0 saturated heterocycles. The van der Waals surface area contributed by atoms with Gasteiger partial charge in [0.05, 0.1) is 11.6 Å². The van der Waals surface area contributed by atoms with Crippen LogP contribution in [0, 0.1) is 18.7 Å².